The van der Waals surface area contributed by atoms with Crippen LogP contribution < -0.4 is 0 Å². The molecule has 0 aliphatic heterocycles. The number of thioether (sulfide) groups is 1. The van der Waals surface area contributed by atoms with E-state index in [4.69, 9.17) is 12.2 Å². The third kappa shape index (κ3) is 3.33. The molecule has 0 saturated heterocycles. The third-order valence-corrected chi connectivity index (χ3v) is 3.64. The van der Waals surface area contributed by atoms with Gasteiger partial charge in [0.25, 0.3) is 0 Å². The van der Waals surface area contributed by atoms with E-state index in [2.05, 4.69) is 47.5 Å². The zero-order chi connectivity index (χ0) is 13.8. The van der Waals surface area contributed by atoms with Crippen LogP contribution in [0, 0.1) is 4.77 Å². The fraction of sp³-hybridized carbons (Fsp3) is 0.308. The molecule has 0 saturated carbocycles. The minimum atomic E-state index is 0.268. The van der Waals surface area contributed by atoms with Crippen LogP contribution in [0.15, 0.2) is 34.3 Å². The van der Waals surface area contributed by atoms with E-state index in [-0.39, 0.29) is 5.92 Å². The molecular formula is C13H16N4S2. The lowest BCUT2D eigenvalue weighted by molar-refractivity contribution is 0.695. The molecule has 1 heterocycles. The van der Waals surface area contributed by atoms with E-state index in [9.17, 15) is 0 Å². The van der Waals surface area contributed by atoms with Crippen LogP contribution in [0.2, 0.25) is 0 Å². The maximum absolute atomic E-state index is 5.17. The van der Waals surface area contributed by atoms with E-state index in [1.165, 1.54) is 4.90 Å². The van der Waals surface area contributed by atoms with Crippen molar-refractivity contribution in [3.8, 4) is 0 Å². The highest BCUT2D eigenvalue weighted by Crippen LogP contribution is 2.14. The summed E-state index contributed by atoms with van der Waals surface area (Å²) in [4.78, 5) is 1.24. The SMILES string of the molecule is CSc1ccc(/C=N/n2c(C(C)C)n[nH]c2=S)cc1. The van der Waals surface area contributed by atoms with Crippen molar-refractivity contribution in [3.63, 3.8) is 0 Å². The van der Waals surface area contributed by atoms with Crippen molar-refractivity contribution in [1.82, 2.24) is 14.9 Å². The Morgan fingerprint density at radius 2 is 2.05 bits per heavy atom. The molecule has 1 aromatic carbocycles. The van der Waals surface area contributed by atoms with Gasteiger partial charge in [0, 0.05) is 10.8 Å². The summed E-state index contributed by atoms with van der Waals surface area (Å²) in [6.45, 7) is 4.12. The lowest BCUT2D eigenvalue weighted by Gasteiger charge is -2.03. The van der Waals surface area contributed by atoms with Gasteiger partial charge in [-0.2, -0.15) is 14.9 Å². The van der Waals surface area contributed by atoms with E-state index < -0.39 is 0 Å². The Hall–Kier alpha value is -1.40. The summed E-state index contributed by atoms with van der Waals surface area (Å²) in [5.74, 6) is 1.10. The molecular weight excluding hydrogens is 276 g/mol. The van der Waals surface area contributed by atoms with Crippen LogP contribution in [-0.4, -0.2) is 27.3 Å². The van der Waals surface area contributed by atoms with E-state index in [0.717, 1.165) is 11.4 Å². The molecule has 0 unspecified atom stereocenters. The number of H-pyrrole nitrogens is 1. The summed E-state index contributed by atoms with van der Waals surface area (Å²) in [6, 6.07) is 8.22. The Balaban J connectivity index is 2.27. The molecule has 0 radical (unpaired) electrons. The van der Waals surface area contributed by atoms with Crippen LogP contribution >= 0.6 is 24.0 Å². The zero-order valence-corrected chi connectivity index (χ0v) is 12.8. The summed E-state index contributed by atoms with van der Waals surface area (Å²) in [5.41, 5.74) is 1.04. The molecule has 0 amide bonds. The Morgan fingerprint density at radius 3 is 2.63 bits per heavy atom. The predicted octanol–water partition coefficient (Wildman–Crippen LogP) is 3.67. The summed E-state index contributed by atoms with van der Waals surface area (Å²) >= 11 is 6.90. The summed E-state index contributed by atoms with van der Waals surface area (Å²) in [5, 5.41) is 11.4. The van der Waals surface area contributed by atoms with E-state index in [1.807, 2.05) is 12.1 Å². The second kappa shape index (κ2) is 6.16. The third-order valence-electron chi connectivity index (χ3n) is 2.63. The van der Waals surface area contributed by atoms with Gasteiger partial charge in [0.05, 0.1) is 6.21 Å². The number of aromatic nitrogens is 3. The van der Waals surface area contributed by atoms with E-state index in [1.54, 1.807) is 22.7 Å². The fourth-order valence-corrected chi connectivity index (χ4v) is 2.20. The van der Waals surface area contributed by atoms with Crippen LogP contribution in [-0.2, 0) is 0 Å². The molecule has 4 nitrogen and oxygen atoms in total. The van der Waals surface area contributed by atoms with Crippen molar-refractivity contribution >= 4 is 30.2 Å². The number of nitrogens with one attached hydrogen (secondary N) is 1. The summed E-state index contributed by atoms with van der Waals surface area (Å²) in [7, 11) is 0. The molecule has 0 aliphatic carbocycles. The fourth-order valence-electron chi connectivity index (χ4n) is 1.60. The van der Waals surface area contributed by atoms with Crippen molar-refractivity contribution in [1.29, 1.82) is 0 Å². The molecule has 0 bridgehead atoms. The average molecular weight is 292 g/mol. The van der Waals surface area contributed by atoms with Gasteiger partial charge >= 0.3 is 0 Å². The van der Waals surface area contributed by atoms with Gasteiger partial charge in [-0.25, -0.2) is 0 Å². The van der Waals surface area contributed by atoms with E-state index in [0.29, 0.717) is 4.77 Å². The normalized spacial score (nSPS) is 11.6. The van der Waals surface area contributed by atoms with Gasteiger partial charge < -0.3 is 0 Å². The monoisotopic (exact) mass is 292 g/mol. The van der Waals surface area contributed by atoms with Crippen molar-refractivity contribution < 1.29 is 0 Å². The molecule has 19 heavy (non-hydrogen) atoms. The van der Waals surface area contributed by atoms with Crippen LogP contribution in [0.25, 0.3) is 0 Å². The van der Waals surface area contributed by atoms with E-state index >= 15 is 0 Å². The average Bonchev–Trinajstić information content (AvgIpc) is 2.78. The molecule has 1 N–H and O–H groups in total. The van der Waals surface area contributed by atoms with Gasteiger partial charge in [-0.3, -0.25) is 5.10 Å². The number of nitrogens with zero attached hydrogens (tertiary/aromatic N) is 3. The zero-order valence-electron chi connectivity index (χ0n) is 11.1. The molecule has 6 heteroatoms. The summed E-state index contributed by atoms with van der Waals surface area (Å²) in [6.07, 6.45) is 3.85. The maximum atomic E-state index is 5.17. The lowest BCUT2D eigenvalue weighted by Crippen LogP contribution is -2.00. The van der Waals surface area contributed by atoms with Gasteiger partial charge in [-0.1, -0.05) is 26.0 Å². The number of benzene rings is 1. The highest BCUT2D eigenvalue weighted by Gasteiger charge is 2.08. The minimum absolute atomic E-state index is 0.268. The van der Waals surface area contributed by atoms with Crippen LogP contribution in [0.1, 0.15) is 31.2 Å². The number of rotatable bonds is 4. The van der Waals surface area contributed by atoms with Gasteiger partial charge in [0.2, 0.25) is 4.77 Å². The first kappa shape index (κ1) is 14.0. The molecule has 0 atom stereocenters. The van der Waals surface area contributed by atoms with Gasteiger partial charge in [0.1, 0.15) is 0 Å². The van der Waals surface area contributed by atoms with Crippen molar-refractivity contribution in [2.45, 2.75) is 24.7 Å². The Bertz CT molecular complexity index is 623. The van der Waals surface area contributed by atoms with Gasteiger partial charge in [-0.05, 0) is 36.2 Å². The molecule has 1 aromatic heterocycles. The van der Waals surface area contributed by atoms with Gasteiger partial charge in [0.15, 0.2) is 5.82 Å². The topological polar surface area (TPSA) is 46.0 Å². The standard InChI is InChI=1S/C13H16N4S2/c1-9(2)12-15-16-13(18)17(12)14-8-10-4-6-11(19-3)7-5-10/h4-9H,1-3H3,(H,16,18)/b14-8+. The quantitative estimate of drug-likeness (QED) is 0.531. The lowest BCUT2D eigenvalue weighted by atomic mass is 10.2. The number of hydrogen-bond donors (Lipinski definition) is 1. The van der Waals surface area contributed by atoms with Crippen molar-refractivity contribution in [3.05, 3.63) is 40.4 Å². The minimum Gasteiger partial charge on any atom is -0.250 e. The Labute approximate surface area is 121 Å². The first-order valence-electron chi connectivity index (χ1n) is 5.97. The summed E-state index contributed by atoms with van der Waals surface area (Å²) < 4.78 is 2.18. The first-order valence-corrected chi connectivity index (χ1v) is 7.61. The largest absolute Gasteiger partial charge is 0.250 e. The number of hydrogen-bond acceptors (Lipinski definition) is 4. The predicted molar refractivity (Wildman–Crippen MR) is 82.7 cm³/mol. The van der Waals surface area contributed by atoms with Crippen LogP contribution in [0.4, 0.5) is 0 Å². The Kier molecular flexibility index (Phi) is 4.55. The van der Waals surface area contributed by atoms with Crippen LogP contribution in [0.5, 0.6) is 0 Å². The second-order valence-corrected chi connectivity index (χ2v) is 5.64. The highest BCUT2D eigenvalue weighted by atomic mass is 32.2. The van der Waals surface area contributed by atoms with Crippen molar-refractivity contribution in [2.75, 3.05) is 6.26 Å². The van der Waals surface area contributed by atoms with Crippen molar-refractivity contribution in [2.24, 2.45) is 5.10 Å². The maximum Gasteiger partial charge on any atom is 0.216 e. The molecule has 0 spiro atoms. The second-order valence-electron chi connectivity index (χ2n) is 4.37. The molecule has 0 fully saturated rings. The highest BCUT2D eigenvalue weighted by molar-refractivity contribution is 7.98. The smallest absolute Gasteiger partial charge is 0.216 e. The molecule has 0 aliphatic rings. The molecule has 100 valence electrons. The number of aromatic amines is 1. The Morgan fingerprint density at radius 1 is 1.37 bits per heavy atom. The van der Waals surface area contributed by atoms with Crippen LogP contribution in [0.3, 0.4) is 0 Å². The van der Waals surface area contributed by atoms with Gasteiger partial charge in [-0.15, -0.1) is 11.8 Å². The molecule has 2 aromatic rings. The first-order chi connectivity index (χ1) is 9.11. The molecule has 2 rings (SSSR count).